The molecular formula is C12H19NO4S. The highest BCUT2D eigenvalue weighted by Gasteiger charge is 2.33. The molecule has 1 aliphatic heterocycles. The highest BCUT2D eigenvalue weighted by atomic mass is 32.2. The first kappa shape index (κ1) is 15.0. The van der Waals surface area contributed by atoms with Gasteiger partial charge in [-0.1, -0.05) is 5.92 Å². The lowest BCUT2D eigenvalue weighted by molar-refractivity contribution is -0.132. The van der Waals surface area contributed by atoms with Crippen molar-refractivity contribution in [3.05, 3.63) is 0 Å². The van der Waals surface area contributed by atoms with Gasteiger partial charge in [-0.25, -0.2) is 8.42 Å². The Kier molecular flexibility index (Phi) is 5.63. The number of carbonyl (C=O) groups is 1. The Labute approximate surface area is 108 Å². The fourth-order valence-corrected chi connectivity index (χ4v) is 3.80. The van der Waals surface area contributed by atoms with E-state index in [1.165, 1.54) is 4.90 Å². The van der Waals surface area contributed by atoms with Crippen LogP contribution in [0, 0.1) is 12.3 Å². The Hall–Kier alpha value is -1.06. The van der Waals surface area contributed by atoms with Crippen LogP contribution in [0.5, 0.6) is 0 Å². The number of amides is 1. The normalized spacial score (nSPS) is 21.4. The summed E-state index contributed by atoms with van der Waals surface area (Å²) in [5.41, 5.74) is 0. The second kappa shape index (κ2) is 6.76. The Morgan fingerprint density at radius 1 is 1.44 bits per heavy atom. The molecule has 0 spiro atoms. The highest BCUT2D eigenvalue weighted by molar-refractivity contribution is 7.91. The van der Waals surface area contributed by atoms with E-state index in [-0.39, 0.29) is 36.6 Å². The Morgan fingerprint density at radius 3 is 2.67 bits per heavy atom. The molecule has 18 heavy (non-hydrogen) atoms. The first-order valence-electron chi connectivity index (χ1n) is 6.04. The third kappa shape index (κ3) is 4.31. The molecule has 0 radical (unpaired) electrons. The summed E-state index contributed by atoms with van der Waals surface area (Å²) in [6, 6.07) is -0.285. The van der Waals surface area contributed by atoms with Crippen molar-refractivity contribution in [2.24, 2.45) is 0 Å². The quantitative estimate of drug-likeness (QED) is 0.537. The molecule has 1 saturated heterocycles. The molecule has 102 valence electrons. The summed E-state index contributed by atoms with van der Waals surface area (Å²) in [7, 11) is -3.02. The highest BCUT2D eigenvalue weighted by Crippen LogP contribution is 2.18. The number of terminal acetylenes is 1. The molecule has 0 aromatic rings. The van der Waals surface area contributed by atoms with Crippen molar-refractivity contribution in [3.63, 3.8) is 0 Å². The molecule has 5 nitrogen and oxygen atoms in total. The zero-order chi connectivity index (χ0) is 13.6. The van der Waals surface area contributed by atoms with Gasteiger partial charge in [0.1, 0.15) is 0 Å². The zero-order valence-corrected chi connectivity index (χ0v) is 11.2. The predicted molar refractivity (Wildman–Crippen MR) is 68.5 cm³/mol. The van der Waals surface area contributed by atoms with E-state index in [0.29, 0.717) is 25.7 Å². The maximum atomic E-state index is 12.0. The molecule has 1 aliphatic rings. The standard InChI is InChI=1S/C12H19NO4S/c1-2-7-13(12(15)5-3-4-8-14)11-6-9-18(16,17)10-11/h1,11,14H,3-10H2. The van der Waals surface area contributed by atoms with Gasteiger partial charge in [-0.2, -0.15) is 0 Å². The lowest BCUT2D eigenvalue weighted by Gasteiger charge is -2.26. The molecule has 0 aromatic carbocycles. The minimum Gasteiger partial charge on any atom is -0.396 e. The van der Waals surface area contributed by atoms with Crippen LogP contribution >= 0.6 is 0 Å². The first-order valence-corrected chi connectivity index (χ1v) is 7.86. The van der Waals surface area contributed by atoms with Crippen molar-refractivity contribution in [2.75, 3.05) is 24.7 Å². The molecule has 1 amide bonds. The van der Waals surface area contributed by atoms with Crippen LogP contribution in [-0.4, -0.2) is 55.0 Å². The maximum absolute atomic E-state index is 12.0. The summed E-state index contributed by atoms with van der Waals surface area (Å²) in [6.45, 7) is 0.207. The molecule has 0 saturated carbocycles. The van der Waals surface area contributed by atoms with Gasteiger partial charge in [-0.05, 0) is 19.3 Å². The predicted octanol–water partition coefficient (Wildman–Crippen LogP) is -0.202. The number of hydrogen-bond donors (Lipinski definition) is 1. The molecular weight excluding hydrogens is 254 g/mol. The monoisotopic (exact) mass is 273 g/mol. The molecule has 1 unspecified atom stereocenters. The molecule has 0 aliphatic carbocycles. The topological polar surface area (TPSA) is 74.7 Å². The summed E-state index contributed by atoms with van der Waals surface area (Å²) in [5, 5.41) is 8.66. The summed E-state index contributed by atoms with van der Waals surface area (Å²) in [6.07, 6.45) is 7.16. The van der Waals surface area contributed by atoms with Gasteiger partial charge in [0, 0.05) is 19.1 Å². The van der Waals surface area contributed by atoms with Gasteiger partial charge >= 0.3 is 0 Å². The number of carbonyl (C=O) groups excluding carboxylic acids is 1. The summed E-state index contributed by atoms with van der Waals surface area (Å²) in [4.78, 5) is 13.4. The van der Waals surface area contributed by atoms with Crippen LogP contribution in [0.2, 0.25) is 0 Å². The van der Waals surface area contributed by atoms with Gasteiger partial charge < -0.3 is 10.0 Å². The fraction of sp³-hybridized carbons (Fsp3) is 0.750. The minimum absolute atomic E-state index is 0.0143. The number of aliphatic hydroxyl groups is 1. The van der Waals surface area contributed by atoms with Crippen LogP contribution in [0.1, 0.15) is 25.7 Å². The van der Waals surface area contributed by atoms with E-state index < -0.39 is 9.84 Å². The van der Waals surface area contributed by atoms with Crippen LogP contribution in [-0.2, 0) is 14.6 Å². The van der Waals surface area contributed by atoms with E-state index in [1.807, 2.05) is 0 Å². The van der Waals surface area contributed by atoms with Gasteiger partial charge in [-0.3, -0.25) is 4.79 Å². The Bertz CT molecular complexity index is 424. The zero-order valence-electron chi connectivity index (χ0n) is 10.3. The largest absolute Gasteiger partial charge is 0.396 e. The van der Waals surface area contributed by atoms with Gasteiger partial charge in [0.2, 0.25) is 5.91 Å². The smallest absolute Gasteiger partial charge is 0.223 e. The van der Waals surface area contributed by atoms with Crippen molar-refractivity contribution in [3.8, 4) is 12.3 Å². The number of unbranched alkanes of at least 4 members (excludes halogenated alkanes) is 1. The van der Waals surface area contributed by atoms with Crippen molar-refractivity contribution >= 4 is 15.7 Å². The summed E-state index contributed by atoms with van der Waals surface area (Å²) in [5.74, 6) is 2.42. The van der Waals surface area contributed by atoms with Crippen LogP contribution in [0.15, 0.2) is 0 Å². The van der Waals surface area contributed by atoms with E-state index in [1.54, 1.807) is 0 Å². The van der Waals surface area contributed by atoms with Gasteiger partial charge in [0.05, 0.1) is 18.1 Å². The molecule has 0 aromatic heterocycles. The second-order valence-electron chi connectivity index (χ2n) is 4.46. The third-order valence-electron chi connectivity index (χ3n) is 3.03. The van der Waals surface area contributed by atoms with Crippen molar-refractivity contribution in [1.82, 2.24) is 4.90 Å². The molecule has 1 rings (SSSR count). The molecule has 0 bridgehead atoms. The van der Waals surface area contributed by atoms with E-state index >= 15 is 0 Å². The average Bonchev–Trinajstić information content (AvgIpc) is 2.66. The lowest BCUT2D eigenvalue weighted by atomic mass is 10.1. The summed E-state index contributed by atoms with van der Waals surface area (Å²) >= 11 is 0. The average molecular weight is 273 g/mol. The van der Waals surface area contributed by atoms with Crippen molar-refractivity contribution in [2.45, 2.75) is 31.7 Å². The number of nitrogens with zero attached hydrogens (tertiary/aromatic N) is 1. The lowest BCUT2D eigenvalue weighted by Crippen LogP contribution is -2.41. The molecule has 1 fully saturated rings. The van der Waals surface area contributed by atoms with Crippen LogP contribution < -0.4 is 0 Å². The first-order chi connectivity index (χ1) is 8.50. The van der Waals surface area contributed by atoms with Crippen molar-refractivity contribution in [1.29, 1.82) is 0 Å². The van der Waals surface area contributed by atoms with Gasteiger partial charge in [0.15, 0.2) is 9.84 Å². The van der Waals surface area contributed by atoms with Crippen LogP contribution in [0.4, 0.5) is 0 Å². The maximum Gasteiger partial charge on any atom is 0.223 e. The fourth-order valence-electron chi connectivity index (χ4n) is 2.07. The van der Waals surface area contributed by atoms with Crippen LogP contribution in [0.3, 0.4) is 0 Å². The number of aliphatic hydroxyl groups excluding tert-OH is 1. The molecule has 6 heteroatoms. The molecule has 1 N–H and O–H groups in total. The number of rotatable bonds is 6. The second-order valence-corrected chi connectivity index (χ2v) is 6.69. The van der Waals surface area contributed by atoms with Crippen LogP contribution in [0.25, 0.3) is 0 Å². The van der Waals surface area contributed by atoms with E-state index in [4.69, 9.17) is 11.5 Å². The van der Waals surface area contributed by atoms with E-state index in [0.717, 1.165) is 0 Å². The summed E-state index contributed by atoms with van der Waals surface area (Å²) < 4.78 is 22.8. The Balaban J connectivity index is 2.60. The Morgan fingerprint density at radius 2 is 2.17 bits per heavy atom. The SMILES string of the molecule is C#CCN(C(=O)CCCCO)C1CCS(=O)(=O)C1. The minimum atomic E-state index is -3.02. The van der Waals surface area contributed by atoms with E-state index in [2.05, 4.69) is 5.92 Å². The number of sulfone groups is 1. The third-order valence-corrected chi connectivity index (χ3v) is 4.78. The van der Waals surface area contributed by atoms with Crippen molar-refractivity contribution < 1.29 is 18.3 Å². The van der Waals surface area contributed by atoms with Gasteiger partial charge in [0.25, 0.3) is 0 Å². The number of hydrogen-bond acceptors (Lipinski definition) is 4. The van der Waals surface area contributed by atoms with E-state index in [9.17, 15) is 13.2 Å². The molecule has 1 atom stereocenters. The van der Waals surface area contributed by atoms with Gasteiger partial charge in [-0.15, -0.1) is 6.42 Å². The molecule has 1 heterocycles.